The molecule has 1 amide bonds. The van der Waals surface area contributed by atoms with E-state index >= 15 is 0 Å². The SMILES string of the molecule is CN(C)C(=O)CCNO. The molecule has 0 aliphatic rings. The average Bonchev–Trinajstić information content (AvgIpc) is 1.82. The van der Waals surface area contributed by atoms with Crippen molar-refractivity contribution in [1.29, 1.82) is 0 Å². The minimum absolute atomic E-state index is 0.0107. The third kappa shape index (κ3) is 3.93. The lowest BCUT2D eigenvalue weighted by atomic mass is 10.4. The number of hydrogen-bond acceptors (Lipinski definition) is 3. The number of carbonyl (C=O) groups is 1. The highest BCUT2D eigenvalue weighted by molar-refractivity contribution is 5.75. The van der Waals surface area contributed by atoms with Crippen LogP contribution < -0.4 is 5.48 Å². The molecule has 0 aromatic carbocycles. The Morgan fingerprint density at radius 1 is 1.67 bits per heavy atom. The Morgan fingerprint density at radius 3 is 2.56 bits per heavy atom. The molecule has 0 saturated heterocycles. The van der Waals surface area contributed by atoms with Crippen LogP contribution in [0.4, 0.5) is 0 Å². The summed E-state index contributed by atoms with van der Waals surface area (Å²) in [5.74, 6) is 0.0107. The summed E-state index contributed by atoms with van der Waals surface area (Å²) in [6.45, 7) is 0.316. The number of carbonyl (C=O) groups excluding carboxylic acids is 1. The van der Waals surface area contributed by atoms with Crippen LogP contribution in [0.25, 0.3) is 0 Å². The van der Waals surface area contributed by atoms with Gasteiger partial charge in [0.25, 0.3) is 0 Å². The van der Waals surface area contributed by atoms with Gasteiger partial charge in [0.15, 0.2) is 0 Å². The third-order valence-electron chi connectivity index (χ3n) is 0.949. The van der Waals surface area contributed by atoms with Gasteiger partial charge < -0.3 is 10.1 Å². The van der Waals surface area contributed by atoms with Crippen LogP contribution in [0.1, 0.15) is 6.42 Å². The van der Waals surface area contributed by atoms with Gasteiger partial charge in [-0.25, -0.2) is 5.48 Å². The van der Waals surface area contributed by atoms with Crippen molar-refractivity contribution in [3.63, 3.8) is 0 Å². The highest BCUT2D eigenvalue weighted by Crippen LogP contribution is 1.82. The number of hydroxylamine groups is 1. The first kappa shape index (κ1) is 8.39. The van der Waals surface area contributed by atoms with Crippen LogP contribution in [0, 0.1) is 0 Å². The normalized spacial score (nSPS) is 9.22. The molecule has 0 aromatic rings. The van der Waals surface area contributed by atoms with E-state index < -0.39 is 0 Å². The predicted octanol–water partition coefficient (Wildman–Crippen LogP) is -0.556. The molecular weight excluding hydrogens is 120 g/mol. The largest absolute Gasteiger partial charge is 0.349 e. The molecule has 0 rings (SSSR count). The van der Waals surface area contributed by atoms with Crippen molar-refractivity contribution in [3.8, 4) is 0 Å². The fourth-order valence-electron chi connectivity index (χ4n) is 0.386. The van der Waals surface area contributed by atoms with Crippen molar-refractivity contribution in [1.82, 2.24) is 10.4 Å². The number of hydrogen-bond donors (Lipinski definition) is 2. The second-order valence-electron chi connectivity index (χ2n) is 1.95. The monoisotopic (exact) mass is 132 g/mol. The van der Waals surface area contributed by atoms with Gasteiger partial charge in [-0.3, -0.25) is 4.79 Å². The Labute approximate surface area is 54.4 Å². The lowest BCUT2D eigenvalue weighted by Gasteiger charge is -2.08. The highest BCUT2D eigenvalue weighted by Gasteiger charge is 2.00. The van der Waals surface area contributed by atoms with Crippen LogP contribution >= 0.6 is 0 Å². The molecule has 0 unspecified atom stereocenters. The summed E-state index contributed by atoms with van der Waals surface area (Å²) in [4.78, 5) is 12.2. The van der Waals surface area contributed by atoms with Crippen LogP contribution in [-0.4, -0.2) is 36.7 Å². The standard InChI is InChI=1S/C5H12N2O2/c1-7(2)5(8)3-4-6-9/h6,9H,3-4H2,1-2H3. The van der Waals surface area contributed by atoms with E-state index in [1.165, 1.54) is 4.90 Å². The molecule has 4 heteroatoms. The second kappa shape index (κ2) is 4.29. The Bertz CT molecular complexity index is 93.0. The summed E-state index contributed by atoms with van der Waals surface area (Å²) < 4.78 is 0. The molecule has 0 spiro atoms. The summed E-state index contributed by atoms with van der Waals surface area (Å²) in [5.41, 5.74) is 1.91. The number of rotatable bonds is 3. The van der Waals surface area contributed by atoms with Crippen molar-refractivity contribution in [2.45, 2.75) is 6.42 Å². The van der Waals surface area contributed by atoms with Crippen LogP contribution in [-0.2, 0) is 4.79 Å². The number of nitrogens with one attached hydrogen (secondary N) is 1. The van der Waals surface area contributed by atoms with Crippen molar-refractivity contribution >= 4 is 5.91 Å². The van der Waals surface area contributed by atoms with Gasteiger partial charge in [0.05, 0.1) is 0 Å². The fourth-order valence-corrected chi connectivity index (χ4v) is 0.386. The molecule has 0 bridgehead atoms. The quantitative estimate of drug-likeness (QED) is 0.506. The van der Waals surface area contributed by atoms with Crippen molar-refractivity contribution in [3.05, 3.63) is 0 Å². The Balaban J connectivity index is 3.28. The minimum Gasteiger partial charge on any atom is -0.349 e. The van der Waals surface area contributed by atoms with E-state index in [1.807, 2.05) is 5.48 Å². The maximum atomic E-state index is 10.7. The number of amides is 1. The summed E-state index contributed by atoms with van der Waals surface area (Å²) in [6.07, 6.45) is 0.337. The summed E-state index contributed by atoms with van der Waals surface area (Å²) >= 11 is 0. The average molecular weight is 132 g/mol. The number of nitrogens with zero attached hydrogens (tertiary/aromatic N) is 1. The summed E-state index contributed by atoms with van der Waals surface area (Å²) in [6, 6.07) is 0. The van der Waals surface area contributed by atoms with Crippen LogP contribution in [0.5, 0.6) is 0 Å². The predicted molar refractivity (Wildman–Crippen MR) is 33.1 cm³/mol. The zero-order valence-electron chi connectivity index (χ0n) is 5.72. The van der Waals surface area contributed by atoms with E-state index in [1.54, 1.807) is 14.1 Å². The highest BCUT2D eigenvalue weighted by atomic mass is 16.5. The van der Waals surface area contributed by atoms with Crippen molar-refractivity contribution in [2.75, 3.05) is 20.6 Å². The zero-order chi connectivity index (χ0) is 7.28. The maximum absolute atomic E-state index is 10.7. The van der Waals surface area contributed by atoms with Gasteiger partial charge in [0.1, 0.15) is 0 Å². The third-order valence-corrected chi connectivity index (χ3v) is 0.949. The van der Waals surface area contributed by atoms with Gasteiger partial charge in [-0.2, -0.15) is 0 Å². The van der Waals surface area contributed by atoms with Crippen LogP contribution in [0.15, 0.2) is 0 Å². The van der Waals surface area contributed by atoms with E-state index in [2.05, 4.69) is 0 Å². The van der Waals surface area contributed by atoms with Gasteiger partial charge in [-0.15, -0.1) is 0 Å². The van der Waals surface area contributed by atoms with Crippen LogP contribution in [0.2, 0.25) is 0 Å². The molecule has 0 heterocycles. The Hall–Kier alpha value is -0.610. The molecule has 0 atom stereocenters. The molecule has 0 aliphatic heterocycles. The second-order valence-corrected chi connectivity index (χ2v) is 1.95. The molecule has 0 saturated carbocycles. The molecule has 0 fully saturated rings. The maximum Gasteiger partial charge on any atom is 0.223 e. The zero-order valence-corrected chi connectivity index (χ0v) is 5.72. The first-order chi connectivity index (χ1) is 4.18. The lowest BCUT2D eigenvalue weighted by molar-refractivity contribution is -0.128. The summed E-state index contributed by atoms with van der Waals surface area (Å²) in [5, 5.41) is 8.08. The topological polar surface area (TPSA) is 52.6 Å². The first-order valence-electron chi connectivity index (χ1n) is 2.75. The summed E-state index contributed by atoms with van der Waals surface area (Å²) in [7, 11) is 3.36. The van der Waals surface area contributed by atoms with E-state index in [-0.39, 0.29) is 5.91 Å². The van der Waals surface area contributed by atoms with Gasteiger partial charge in [0, 0.05) is 27.1 Å². The lowest BCUT2D eigenvalue weighted by Crippen LogP contribution is -2.25. The first-order valence-corrected chi connectivity index (χ1v) is 2.75. The Morgan fingerprint density at radius 2 is 2.22 bits per heavy atom. The molecule has 2 N–H and O–H groups in total. The van der Waals surface area contributed by atoms with E-state index in [0.717, 1.165) is 0 Å². The minimum atomic E-state index is 0.0107. The molecule has 9 heavy (non-hydrogen) atoms. The molecule has 0 aromatic heterocycles. The van der Waals surface area contributed by atoms with Crippen molar-refractivity contribution < 1.29 is 10.0 Å². The van der Waals surface area contributed by atoms with E-state index in [0.29, 0.717) is 13.0 Å². The van der Waals surface area contributed by atoms with Gasteiger partial charge >= 0.3 is 0 Å². The Kier molecular flexibility index (Phi) is 4.00. The van der Waals surface area contributed by atoms with Crippen molar-refractivity contribution in [2.24, 2.45) is 0 Å². The molecule has 4 nitrogen and oxygen atoms in total. The van der Waals surface area contributed by atoms with Gasteiger partial charge in [-0.1, -0.05) is 0 Å². The fraction of sp³-hybridized carbons (Fsp3) is 0.800. The molecular formula is C5H12N2O2. The smallest absolute Gasteiger partial charge is 0.223 e. The molecule has 0 radical (unpaired) electrons. The molecule has 0 aliphatic carbocycles. The van der Waals surface area contributed by atoms with Crippen LogP contribution in [0.3, 0.4) is 0 Å². The molecule has 54 valence electrons. The van der Waals surface area contributed by atoms with Gasteiger partial charge in [-0.05, 0) is 0 Å². The van der Waals surface area contributed by atoms with E-state index in [9.17, 15) is 4.79 Å². The van der Waals surface area contributed by atoms with Gasteiger partial charge in [0.2, 0.25) is 5.91 Å². The van der Waals surface area contributed by atoms with E-state index in [4.69, 9.17) is 5.21 Å².